The SMILES string of the molecule is O=C(NCC(Cc1ccccc1)N1CCOCC1)c1ccc(N2CCCC2)cc1. The third-order valence-corrected chi connectivity index (χ3v) is 5.98. The number of benzene rings is 2. The van der Waals surface area contributed by atoms with Gasteiger partial charge in [0.05, 0.1) is 13.2 Å². The van der Waals surface area contributed by atoms with Crippen molar-refractivity contribution in [2.45, 2.75) is 25.3 Å². The first-order valence-electron chi connectivity index (χ1n) is 10.8. The van der Waals surface area contributed by atoms with Crippen LogP contribution in [0, 0.1) is 0 Å². The molecule has 2 aliphatic rings. The molecule has 5 heteroatoms. The number of anilines is 1. The lowest BCUT2D eigenvalue weighted by Gasteiger charge is -2.34. The average Bonchev–Trinajstić information content (AvgIpc) is 3.33. The van der Waals surface area contributed by atoms with Crippen LogP contribution in [0.4, 0.5) is 5.69 Å². The number of hydrogen-bond acceptors (Lipinski definition) is 4. The highest BCUT2D eigenvalue weighted by Crippen LogP contribution is 2.20. The Morgan fingerprint density at radius 1 is 0.931 bits per heavy atom. The van der Waals surface area contributed by atoms with Gasteiger partial charge in [0.15, 0.2) is 0 Å². The van der Waals surface area contributed by atoms with E-state index in [0.29, 0.717) is 6.54 Å². The molecule has 0 aromatic heterocycles. The lowest BCUT2D eigenvalue weighted by molar-refractivity contribution is 0.0167. The summed E-state index contributed by atoms with van der Waals surface area (Å²) in [5, 5.41) is 3.17. The maximum Gasteiger partial charge on any atom is 0.251 e. The second-order valence-electron chi connectivity index (χ2n) is 7.94. The van der Waals surface area contributed by atoms with Crippen molar-refractivity contribution in [2.24, 2.45) is 0 Å². The molecule has 0 aliphatic carbocycles. The van der Waals surface area contributed by atoms with Gasteiger partial charge in [-0.05, 0) is 49.1 Å². The number of nitrogens with one attached hydrogen (secondary N) is 1. The number of amides is 1. The summed E-state index contributed by atoms with van der Waals surface area (Å²) in [6.45, 7) is 6.23. The van der Waals surface area contributed by atoms with Crippen LogP contribution in [-0.4, -0.2) is 62.8 Å². The molecule has 1 unspecified atom stereocenters. The number of carbonyl (C=O) groups is 1. The van der Waals surface area contributed by atoms with Gasteiger partial charge in [-0.15, -0.1) is 0 Å². The second-order valence-corrected chi connectivity index (χ2v) is 7.94. The van der Waals surface area contributed by atoms with Crippen molar-refractivity contribution >= 4 is 11.6 Å². The van der Waals surface area contributed by atoms with Gasteiger partial charge in [0, 0.05) is 50.0 Å². The van der Waals surface area contributed by atoms with Gasteiger partial charge in [-0.3, -0.25) is 9.69 Å². The molecule has 0 radical (unpaired) electrons. The maximum absolute atomic E-state index is 12.7. The van der Waals surface area contributed by atoms with Crippen LogP contribution in [0.5, 0.6) is 0 Å². The van der Waals surface area contributed by atoms with E-state index >= 15 is 0 Å². The molecule has 1 N–H and O–H groups in total. The smallest absolute Gasteiger partial charge is 0.251 e. The summed E-state index contributed by atoms with van der Waals surface area (Å²) in [5.41, 5.74) is 3.25. The summed E-state index contributed by atoms with van der Waals surface area (Å²) in [6.07, 6.45) is 3.44. The Bertz CT molecular complexity index is 766. The molecule has 0 bridgehead atoms. The third-order valence-electron chi connectivity index (χ3n) is 5.98. The first kappa shape index (κ1) is 19.9. The standard InChI is InChI=1S/C24H31N3O2/c28-24(21-8-10-22(11-9-21)26-12-4-5-13-26)25-19-23(27-14-16-29-17-15-27)18-20-6-2-1-3-7-20/h1-3,6-11,23H,4-5,12-19H2,(H,25,28). The van der Waals surface area contributed by atoms with Crippen LogP contribution in [0.3, 0.4) is 0 Å². The van der Waals surface area contributed by atoms with Crippen molar-refractivity contribution in [1.82, 2.24) is 10.2 Å². The van der Waals surface area contributed by atoms with Crippen LogP contribution in [0.2, 0.25) is 0 Å². The Kier molecular flexibility index (Phi) is 6.80. The van der Waals surface area contributed by atoms with Crippen LogP contribution in [0.25, 0.3) is 0 Å². The Morgan fingerprint density at radius 3 is 2.31 bits per heavy atom. The fourth-order valence-electron chi connectivity index (χ4n) is 4.27. The Hall–Kier alpha value is -2.37. The molecule has 2 aromatic carbocycles. The van der Waals surface area contributed by atoms with Crippen LogP contribution < -0.4 is 10.2 Å². The molecule has 1 amide bonds. The lowest BCUT2D eigenvalue weighted by atomic mass is 10.0. The van der Waals surface area contributed by atoms with Crippen molar-refractivity contribution in [1.29, 1.82) is 0 Å². The summed E-state index contributed by atoms with van der Waals surface area (Å²) in [5.74, 6) is 0.00398. The minimum Gasteiger partial charge on any atom is -0.379 e. The molecule has 2 aromatic rings. The summed E-state index contributed by atoms with van der Waals surface area (Å²) in [7, 11) is 0. The summed E-state index contributed by atoms with van der Waals surface area (Å²) < 4.78 is 5.52. The third kappa shape index (κ3) is 5.37. The fourth-order valence-corrected chi connectivity index (χ4v) is 4.27. The molecule has 0 saturated carbocycles. The molecule has 2 heterocycles. The first-order valence-corrected chi connectivity index (χ1v) is 10.8. The van der Waals surface area contributed by atoms with E-state index in [1.54, 1.807) is 0 Å². The van der Waals surface area contributed by atoms with E-state index in [-0.39, 0.29) is 11.9 Å². The van der Waals surface area contributed by atoms with Gasteiger partial charge in [0.25, 0.3) is 5.91 Å². The molecule has 2 aliphatic heterocycles. The highest BCUT2D eigenvalue weighted by molar-refractivity contribution is 5.94. The van der Waals surface area contributed by atoms with Gasteiger partial charge in [-0.2, -0.15) is 0 Å². The molecule has 2 fully saturated rings. The van der Waals surface area contributed by atoms with Crippen molar-refractivity contribution in [2.75, 3.05) is 50.8 Å². The molecule has 5 nitrogen and oxygen atoms in total. The number of carbonyl (C=O) groups excluding carboxylic acids is 1. The summed E-state index contributed by atoms with van der Waals surface area (Å²) >= 11 is 0. The maximum atomic E-state index is 12.7. The van der Waals surface area contributed by atoms with E-state index in [4.69, 9.17) is 4.74 Å². The predicted molar refractivity (Wildman–Crippen MR) is 117 cm³/mol. The Labute approximate surface area is 173 Å². The number of morpholine rings is 1. The van der Waals surface area contributed by atoms with E-state index < -0.39 is 0 Å². The zero-order valence-corrected chi connectivity index (χ0v) is 17.1. The van der Waals surface area contributed by atoms with E-state index in [9.17, 15) is 4.79 Å². The van der Waals surface area contributed by atoms with Gasteiger partial charge in [0.1, 0.15) is 0 Å². The zero-order chi connectivity index (χ0) is 19.9. The summed E-state index contributed by atoms with van der Waals surface area (Å²) in [6, 6.07) is 18.8. The zero-order valence-electron chi connectivity index (χ0n) is 17.1. The van der Waals surface area contributed by atoms with Crippen molar-refractivity contribution in [3.63, 3.8) is 0 Å². The monoisotopic (exact) mass is 393 g/mol. The van der Waals surface area contributed by atoms with Crippen LogP contribution in [-0.2, 0) is 11.2 Å². The number of ether oxygens (including phenoxy) is 1. The molecular weight excluding hydrogens is 362 g/mol. The predicted octanol–water partition coefficient (Wildman–Crippen LogP) is 2.96. The fraction of sp³-hybridized carbons (Fsp3) is 0.458. The van der Waals surface area contributed by atoms with Crippen molar-refractivity contribution in [3.8, 4) is 0 Å². The van der Waals surface area contributed by atoms with Crippen LogP contribution in [0.15, 0.2) is 54.6 Å². The number of hydrogen-bond donors (Lipinski definition) is 1. The summed E-state index contributed by atoms with van der Waals surface area (Å²) in [4.78, 5) is 17.6. The molecular formula is C24H31N3O2. The van der Waals surface area contributed by atoms with Gasteiger partial charge < -0.3 is 15.0 Å². The van der Waals surface area contributed by atoms with Crippen molar-refractivity contribution in [3.05, 3.63) is 65.7 Å². The quantitative estimate of drug-likeness (QED) is 0.786. The van der Waals surface area contributed by atoms with Gasteiger partial charge in [-0.25, -0.2) is 0 Å². The highest BCUT2D eigenvalue weighted by Gasteiger charge is 2.22. The number of nitrogens with zero attached hydrogens (tertiary/aromatic N) is 2. The molecule has 29 heavy (non-hydrogen) atoms. The van der Waals surface area contributed by atoms with Crippen molar-refractivity contribution < 1.29 is 9.53 Å². The largest absolute Gasteiger partial charge is 0.379 e. The van der Waals surface area contributed by atoms with Gasteiger partial charge >= 0.3 is 0 Å². The molecule has 154 valence electrons. The second kappa shape index (κ2) is 9.90. The molecule has 2 saturated heterocycles. The molecule has 1 atom stereocenters. The minimum atomic E-state index is 0.00398. The topological polar surface area (TPSA) is 44.8 Å². The normalized spacial score (nSPS) is 18.6. The average molecular weight is 394 g/mol. The van der Waals surface area contributed by atoms with Gasteiger partial charge in [-0.1, -0.05) is 30.3 Å². The Balaban J connectivity index is 1.37. The van der Waals surface area contributed by atoms with E-state index in [0.717, 1.165) is 51.4 Å². The van der Waals surface area contributed by atoms with Crippen LogP contribution in [0.1, 0.15) is 28.8 Å². The highest BCUT2D eigenvalue weighted by atomic mass is 16.5. The molecule has 0 spiro atoms. The lowest BCUT2D eigenvalue weighted by Crippen LogP contribution is -2.49. The van der Waals surface area contributed by atoms with Crippen LogP contribution >= 0.6 is 0 Å². The minimum absolute atomic E-state index is 0.00398. The first-order chi connectivity index (χ1) is 14.3. The molecule has 4 rings (SSSR count). The van der Waals surface area contributed by atoms with E-state index in [1.807, 2.05) is 18.2 Å². The number of rotatable bonds is 7. The van der Waals surface area contributed by atoms with E-state index in [2.05, 4.69) is 51.5 Å². The van der Waals surface area contributed by atoms with Gasteiger partial charge in [0.2, 0.25) is 0 Å². The Morgan fingerprint density at radius 2 is 1.62 bits per heavy atom. The van der Waals surface area contributed by atoms with E-state index in [1.165, 1.54) is 24.1 Å².